The van der Waals surface area contributed by atoms with Crippen molar-refractivity contribution < 1.29 is 72.4 Å². The van der Waals surface area contributed by atoms with Crippen LogP contribution in [0.5, 0.6) is 5.75 Å². The Morgan fingerprint density at radius 3 is 2.11 bits per heavy atom. The smallest absolute Gasteiger partial charge is 0.329 e. The van der Waals surface area contributed by atoms with E-state index < -0.39 is 150 Å². The first-order valence-corrected chi connectivity index (χ1v) is 27.7. The molecule has 0 aliphatic carbocycles. The lowest BCUT2D eigenvalue weighted by Gasteiger charge is -2.36. The number of esters is 2. The van der Waals surface area contributed by atoms with Gasteiger partial charge in [-0.3, -0.25) is 43.2 Å². The van der Waals surface area contributed by atoms with Crippen LogP contribution in [0.15, 0.2) is 36.4 Å². The average molecular weight is 1110 g/mol. The van der Waals surface area contributed by atoms with Gasteiger partial charge in [0, 0.05) is 33.6 Å². The summed E-state index contributed by atoms with van der Waals surface area (Å²) in [4.78, 5) is 148. The molecule has 13 atom stereocenters. The largest absolute Gasteiger partial charge is 0.497 e. The van der Waals surface area contributed by atoms with Crippen LogP contribution >= 0.6 is 0 Å². The molecular formula is C57H87N7O15. The van der Waals surface area contributed by atoms with Gasteiger partial charge in [0.2, 0.25) is 35.4 Å². The number of hydrogen-bond acceptors (Lipinski definition) is 15. The highest BCUT2D eigenvalue weighted by atomic mass is 16.6. The van der Waals surface area contributed by atoms with Crippen molar-refractivity contribution >= 4 is 59.1 Å². The number of Topliss-reactive ketones (excluding diaryl/α,β-unsaturated/α-hetero) is 1. The number of methoxy groups -OCH3 is 1. The second kappa shape index (κ2) is 29.2. The maximum Gasteiger partial charge on any atom is 0.329 e. The summed E-state index contributed by atoms with van der Waals surface area (Å²) in [6.07, 6.45) is -2.77. The van der Waals surface area contributed by atoms with Crippen LogP contribution in [0, 0.1) is 29.6 Å². The van der Waals surface area contributed by atoms with Crippen LogP contribution in [-0.4, -0.2) is 190 Å². The summed E-state index contributed by atoms with van der Waals surface area (Å²) in [7, 11) is 4.25. The number of cyclic esters (lactones) is 2. The summed E-state index contributed by atoms with van der Waals surface area (Å²) >= 11 is 0. The number of nitrogens with zero attached hydrogens (tertiary/aromatic N) is 4. The average Bonchev–Trinajstić information content (AvgIpc) is 4.13. The molecule has 5 N–H and O–H groups in total. The number of ketones is 1. The van der Waals surface area contributed by atoms with E-state index in [-0.39, 0.29) is 50.6 Å². The molecule has 0 saturated carbocycles. The third-order valence-electron chi connectivity index (χ3n) is 15.2. The van der Waals surface area contributed by atoms with Gasteiger partial charge >= 0.3 is 11.9 Å². The van der Waals surface area contributed by atoms with E-state index in [4.69, 9.17) is 14.2 Å². The van der Waals surface area contributed by atoms with Gasteiger partial charge in [0.1, 0.15) is 54.2 Å². The molecule has 0 aromatic heterocycles. The zero-order valence-corrected chi connectivity index (χ0v) is 48.6. The first-order chi connectivity index (χ1) is 37.0. The van der Waals surface area contributed by atoms with E-state index >= 15 is 0 Å². The van der Waals surface area contributed by atoms with Crippen molar-refractivity contribution in [2.75, 3.05) is 34.3 Å². The number of nitrogens with one attached hydrogen (secondary N) is 3. The van der Waals surface area contributed by atoms with E-state index in [1.54, 1.807) is 58.0 Å². The van der Waals surface area contributed by atoms with E-state index in [0.29, 0.717) is 24.2 Å². The van der Waals surface area contributed by atoms with Gasteiger partial charge in [-0.05, 0) is 87.8 Å². The standard InChI is InChI=1S/C57H87N7O15/c1-15-33(8)46-44(66)29-45(67)79-49(32(6)7)48(68)34(9)50(69)58-39(26-30(2)3)54(73)64-25-17-19-41(64)56(75)62(13)43(28-37-20-22-38(77-14)23-21-37)57(76)78-36(11)47(52(71)59-46)60-51(70)42(27-31(4)5)61(12)55(74)40-18-16-24-63(40)53(72)35(10)65/h16,18,20-23,30-36,39-44,46-47,49,65-66H,15,17,19,24-29H2,1-14H3,(H,58,69)(H,59,71)(H,60,70)/t33?,34?,35-,36?,39-,40-,41-,42?,43-,44?,46?,47?,49-/m0/s1. The lowest BCUT2D eigenvalue weighted by atomic mass is 9.91. The van der Waals surface area contributed by atoms with Gasteiger partial charge in [-0.25, -0.2) is 4.79 Å². The highest BCUT2D eigenvalue weighted by molar-refractivity contribution is 6.05. The predicted molar refractivity (Wildman–Crippen MR) is 290 cm³/mol. The summed E-state index contributed by atoms with van der Waals surface area (Å²) < 4.78 is 17.2. The molecule has 2 saturated heterocycles. The maximum absolute atomic E-state index is 15.0. The number of carbonyl (C=O) groups excluding carboxylic acids is 10. The molecule has 1 aromatic rings. The van der Waals surface area contributed by atoms with Crippen molar-refractivity contribution in [3.05, 3.63) is 42.0 Å². The number of benzene rings is 1. The van der Waals surface area contributed by atoms with Crippen molar-refractivity contribution in [1.82, 2.24) is 35.6 Å². The summed E-state index contributed by atoms with van der Waals surface area (Å²) in [6.45, 7) is 18.1. The number of likely N-dealkylation sites (N-methyl/N-ethyl adjacent to an activating group) is 2. The predicted octanol–water partition coefficient (Wildman–Crippen LogP) is 2.09. The maximum atomic E-state index is 15.0. The molecule has 7 amide bonds. The Hall–Kier alpha value is -6.42. The molecule has 1 aromatic carbocycles. The molecule has 0 radical (unpaired) electrons. The van der Waals surface area contributed by atoms with Crippen molar-refractivity contribution in [2.45, 2.75) is 188 Å². The van der Waals surface area contributed by atoms with Crippen LogP contribution in [0.2, 0.25) is 0 Å². The summed E-state index contributed by atoms with van der Waals surface area (Å²) in [6, 6.07) is -2.45. The topological polar surface area (TPSA) is 288 Å². The minimum absolute atomic E-state index is 0.0330. The van der Waals surface area contributed by atoms with Gasteiger partial charge in [-0.2, -0.15) is 0 Å². The van der Waals surface area contributed by atoms with Crippen LogP contribution in [0.4, 0.5) is 0 Å². The quantitative estimate of drug-likeness (QED) is 0.0955. The number of ether oxygens (including phenoxy) is 3. The molecule has 3 aliphatic heterocycles. The van der Waals surface area contributed by atoms with E-state index in [2.05, 4.69) is 16.0 Å². The number of rotatable bonds is 15. The molecule has 3 heterocycles. The Bertz CT molecular complexity index is 2380. The highest BCUT2D eigenvalue weighted by Gasteiger charge is 2.45. The molecule has 22 nitrogen and oxygen atoms in total. The summed E-state index contributed by atoms with van der Waals surface area (Å²) in [5.74, 6) is -10.5. The van der Waals surface area contributed by atoms with Crippen LogP contribution in [-0.2, 0) is 63.8 Å². The van der Waals surface area contributed by atoms with E-state index in [1.807, 2.05) is 27.7 Å². The van der Waals surface area contributed by atoms with E-state index in [9.17, 15) is 58.2 Å². The molecular weight excluding hydrogens is 1020 g/mol. The third-order valence-corrected chi connectivity index (χ3v) is 15.2. The Labute approximate surface area is 465 Å². The van der Waals surface area contributed by atoms with Crippen molar-refractivity contribution in [3.8, 4) is 5.75 Å². The monoisotopic (exact) mass is 1110 g/mol. The Kier molecular flexibility index (Phi) is 24.0. The van der Waals surface area contributed by atoms with Gasteiger partial charge in [-0.15, -0.1) is 0 Å². The molecule has 440 valence electrons. The van der Waals surface area contributed by atoms with Gasteiger partial charge in [0.25, 0.3) is 5.91 Å². The Balaban J connectivity index is 1.89. The number of aliphatic hydroxyl groups is 2. The molecule has 7 unspecified atom stereocenters. The molecule has 79 heavy (non-hydrogen) atoms. The van der Waals surface area contributed by atoms with Crippen molar-refractivity contribution in [1.29, 1.82) is 0 Å². The van der Waals surface area contributed by atoms with E-state index in [1.165, 1.54) is 62.8 Å². The summed E-state index contributed by atoms with van der Waals surface area (Å²) in [5.41, 5.74) is 0.566. The van der Waals surface area contributed by atoms with Crippen molar-refractivity contribution in [3.63, 3.8) is 0 Å². The second-order valence-corrected chi connectivity index (χ2v) is 22.6. The SMILES string of the molecule is CCC(C)C1NC(=O)C(NC(=O)C(CC(C)C)N(C)C(=O)[C@@H]2C=CCN2C(=O)[C@H](C)O)C(C)OC(=O)[C@H](Cc2ccc(OC)cc2)N(C)C(=O)[C@@H]2CCCN2C(=O)[C@H](CC(C)C)NC(=O)C(C)C(=O)[C@H](C(C)C)OC(=O)CC1O. The molecule has 22 heteroatoms. The first kappa shape index (κ1) is 65.1. The molecule has 0 bridgehead atoms. The molecule has 4 rings (SSSR count). The molecule has 0 spiro atoms. The van der Waals surface area contributed by atoms with Crippen molar-refractivity contribution in [2.24, 2.45) is 29.6 Å². The number of carbonyl (C=O) groups is 10. The fourth-order valence-electron chi connectivity index (χ4n) is 10.2. The number of amides is 7. The van der Waals surface area contributed by atoms with Gasteiger partial charge in [-0.1, -0.05) is 86.1 Å². The Morgan fingerprint density at radius 2 is 1.54 bits per heavy atom. The number of fused-ring (bicyclic) bond motifs is 1. The minimum atomic E-state index is -1.78. The van der Waals surface area contributed by atoms with Crippen LogP contribution < -0.4 is 20.7 Å². The third kappa shape index (κ3) is 16.8. The zero-order chi connectivity index (χ0) is 59.3. The number of aliphatic hydroxyl groups excluding tert-OH is 2. The first-order valence-electron chi connectivity index (χ1n) is 27.7. The van der Waals surface area contributed by atoms with E-state index in [0.717, 1.165) is 4.90 Å². The fourth-order valence-corrected chi connectivity index (χ4v) is 10.2. The normalized spacial score (nSPS) is 27.5. The minimum Gasteiger partial charge on any atom is -0.497 e. The Morgan fingerprint density at radius 1 is 0.899 bits per heavy atom. The lowest BCUT2D eigenvalue weighted by molar-refractivity contribution is -0.163. The molecule has 2 fully saturated rings. The van der Waals surface area contributed by atoms with Gasteiger partial charge < -0.3 is 60.0 Å². The van der Waals surface area contributed by atoms with Crippen LogP contribution in [0.3, 0.4) is 0 Å². The second-order valence-electron chi connectivity index (χ2n) is 22.6. The van der Waals surface area contributed by atoms with Crippen LogP contribution in [0.1, 0.15) is 120 Å². The highest BCUT2D eigenvalue weighted by Crippen LogP contribution is 2.27. The number of hydrogen-bond donors (Lipinski definition) is 5. The fraction of sp³-hybridized carbons (Fsp3) is 0.684. The lowest BCUT2D eigenvalue weighted by Crippen LogP contribution is -2.62. The summed E-state index contributed by atoms with van der Waals surface area (Å²) in [5, 5.41) is 30.2. The van der Waals surface area contributed by atoms with Gasteiger partial charge in [0.15, 0.2) is 11.9 Å². The van der Waals surface area contributed by atoms with Gasteiger partial charge in [0.05, 0.1) is 31.6 Å². The zero-order valence-electron chi connectivity index (χ0n) is 48.6. The van der Waals surface area contributed by atoms with Crippen LogP contribution in [0.25, 0.3) is 0 Å². The molecule has 3 aliphatic rings.